The van der Waals surface area contributed by atoms with Gasteiger partial charge in [-0.15, -0.1) is 0 Å². The molecule has 1 aromatic rings. The minimum absolute atomic E-state index is 0.137. The Balaban J connectivity index is 1.96. The van der Waals surface area contributed by atoms with Crippen molar-refractivity contribution in [2.45, 2.75) is 32.8 Å². The zero-order valence-electron chi connectivity index (χ0n) is 12.3. The predicted octanol–water partition coefficient (Wildman–Crippen LogP) is 1.94. The topological polar surface area (TPSA) is 80.2 Å². The van der Waals surface area contributed by atoms with Crippen LogP contribution in [-0.4, -0.2) is 36.1 Å². The largest absolute Gasteiger partial charge is 0.486 e. The smallest absolute Gasteiger partial charge is 0.260 e. The summed E-state index contributed by atoms with van der Waals surface area (Å²) in [7, 11) is 0. The molecule has 0 aromatic heterocycles. The number of rotatable bonds is 6. The SMILES string of the molecule is CCCCNC(=O)C(C)Oc1ccc2c(c1)OCC2=NO. The molecule has 1 aromatic carbocycles. The lowest BCUT2D eigenvalue weighted by atomic mass is 10.1. The zero-order valence-corrected chi connectivity index (χ0v) is 12.3. The molecular formula is C15H20N2O4. The molecule has 114 valence electrons. The Morgan fingerprint density at radius 2 is 2.38 bits per heavy atom. The Morgan fingerprint density at radius 1 is 1.57 bits per heavy atom. The van der Waals surface area contributed by atoms with Crippen molar-refractivity contribution in [3.63, 3.8) is 0 Å². The number of oxime groups is 1. The van der Waals surface area contributed by atoms with Crippen LogP contribution in [0.2, 0.25) is 0 Å². The Kier molecular flexibility index (Phi) is 5.03. The van der Waals surface area contributed by atoms with Gasteiger partial charge in [-0.3, -0.25) is 4.79 Å². The summed E-state index contributed by atoms with van der Waals surface area (Å²) in [6, 6.07) is 5.19. The molecular weight excluding hydrogens is 272 g/mol. The highest BCUT2D eigenvalue weighted by Gasteiger charge is 2.21. The van der Waals surface area contributed by atoms with E-state index >= 15 is 0 Å². The number of ether oxygens (including phenoxy) is 2. The van der Waals surface area contributed by atoms with Gasteiger partial charge in [0.1, 0.15) is 23.8 Å². The minimum Gasteiger partial charge on any atom is -0.486 e. The number of carbonyl (C=O) groups is 1. The van der Waals surface area contributed by atoms with Crippen molar-refractivity contribution in [3.05, 3.63) is 23.8 Å². The molecule has 6 nitrogen and oxygen atoms in total. The quantitative estimate of drug-likeness (QED) is 0.477. The van der Waals surface area contributed by atoms with Crippen LogP contribution in [0.4, 0.5) is 0 Å². The Morgan fingerprint density at radius 3 is 3.10 bits per heavy atom. The molecule has 1 unspecified atom stereocenters. The van der Waals surface area contributed by atoms with Gasteiger partial charge in [-0.25, -0.2) is 0 Å². The number of fused-ring (bicyclic) bond motifs is 1. The number of hydrogen-bond acceptors (Lipinski definition) is 5. The molecule has 6 heteroatoms. The highest BCUT2D eigenvalue weighted by Crippen LogP contribution is 2.30. The van der Waals surface area contributed by atoms with E-state index in [0.717, 1.165) is 18.4 Å². The number of nitrogens with zero attached hydrogens (tertiary/aromatic N) is 1. The molecule has 0 bridgehead atoms. The van der Waals surface area contributed by atoms with Crippen molar-refractivity contribution < 1.29 is 19.5 Å². The second kappa shape index (κ2) is 6.97. The summed E-state index contributed by atoms with van der Waals surface area (Å²) in [5, 5.41) is 14.8. The second-order valence-corrected chi connectivity index (χ2v) is 4.90. The first-order valence-corrected chi connectivity index (χ1v) is 7.08. The first kappa shape index (κ1) is 15.2. The van der Waals surface area contributed by atoms with E-state index in [1.54, 1.807) is 25.1 Å². The molecule has 0 aliphatic carbocycles. The average Bonchev–Trinajstić information content (AvgIpc) is 2.89. The maximum Gasteiger partial charge on any atom is 0.260 e. The molecule has 0 saturated heterocycles. The highest BCUT2D eigenvalue weighted by molar-refractivity contribution is 6.06. The van der Waals surface area contributed by atoms with Crippen LogP contribution in [0.1, 0.15) is 32.3 Å². The molecule has 2 N–H and O–H groups in total. The third-order valence-corrected chi connectivity index (χ3v) is 3.26. The van der Waals surface area contributed by atoms with Gasteiger partial charge in [0.15, 0.2) is 6.10 Å². The third-order valence-electron chi connectivity index (χ3n) is 3.26. The number of amides is 1. The van der Waals surface area contributed by atoms with Crippen LogP contribution >= 0.6 is 0 Å². The third kappa shape index (κ3) is 3.65. The van der Waals surface area contributed by atoms with Gasteiger partial charge in [0, 0.05) is 18.2 Å². The Bertz CT molecular complexity index is 542. The molecule has 2 rings (SSSR count). The summed E-state index contributed by atoms with van der Waals surface area (Å²) in [4.78, 5) is 11.8. The van der Waals surface area contributed by atoms with E-state index in [4.69, 9.17) is 14.7 Å². The maximum absolute atomic E-state index is 11.8. The molecule has 1 amide bonds. The summed E-state index contributed by atoms with van der Waals surface area (Å²) in [6.07, 6.45) is 1.41. The average molecular weight is 292 g/mol. The van der Waals surface area contributed by atoms with Crippen LogP contribution in [0.25, 0.3) is 0 Å². The number of benzene rings is 1. The van der Waals surface area contributed by atoms with Crippen LogP contribution in [-0.2, 0) is 4.79 Å². The van der Waals surface area contributed by atoms with Crippen molar-refractivity contribution in [1.29, 1.82) is 0 Å². The van der Waals surface area contributed by atoms with Crippen molar-refractivity contribution in [2.75, 3.05) is 13.2 Å². The van der Waals surface area contributed by atoms with Crippen LogP contribution in [0.5, 0.6) is 11.5 Å². The fraction of sp³-hybridized carbons (Fsp3) is 0.467. The normalized spacial score (nSPS) is 16.2. The van der Waals surface area contributed by atoms with Crippen molar-refractivity contribution in [1.82, 2.24) is 5.32 Å². The van der Waals surface area contributed by atoms with Crippen LogP contribution in [0.15, 0.2) is 23.4 Å². The van der Waals surface area contributed by atoms with Gasteiger partial charge in [0.2, 0.25) is 0 Å². The molecule has 1 aliphatic heterocycles. The molecule has 21 heavy (non-hydrogen) atoms. The van der Waals surface area contributed by atoms with E-state index in [2.05, 4.69) is 17.4 Å². The van der Waals surface area contributed by atoms with Gasteiger partial charge < -0.3 is 20.0 Å². The molecule has 1 atom stereocenters. The summed E-state index contributed by atoms with van der Waals surface area (Å²) in [5.41, 5.74) is 1.23. The Hall–Kier alpha value is -2.24. The van der Waals surface area contributed by atoms with Gasteiger partial charge in [0.05, 0.1) is 0 Å². The molecule has 1 aliphatic rings. The summed E-state index contributed by atoms with van der Waals surface area (Å²) < 4.78 is 11.0. The first-order valence-electron chi connectivity index (χ1n) is 7.08. The van der Waals surface area contributed by atoms with E-state index in [9.17, 15) is 4.79 Å². The number of unbranched alkanes of at least 4 members (excludes halogenated alkanes) is 1. The summed E-state index contributed by atoms with van der Waals surface area (Å²) in [5.74, 6) is 1.01. The molecule has 1 heterocycles. The molecule has 0 fully saturated rings. The van der Waals surface area contributed by atoms with E-state index in [1.807, 2.05) is 0 Å². The second-order valence-electron chi connectivity index (χ2n) is 4.90. The zero-order chi connectivity index (χ0) is 15.2. The van der Waals surface area contributed by atoms with Crippen LogP contribution in [0.3, 0.4) is 0 Å². The van der Waals surface area contributed by atoms with Gasteiger partial charge in [0.25, 0.3) is 5.91 Å². The summed E-state index contributed by atoms with van der Waals surface area (Å²) >= 11 is 0. The number of hydrogen-bond donors (Lipinski definition) is 2. The highest BCUT2D eigenvalue weighted by atomic mass is 16.5. The predicted molar refractivity (Wildman–Crippen MR) is 78.3 cm³/mol. The van der Waals surface area contributed by atoms with E-state index in [-0.39, 0.29) is 12.5 Å². The number of carbonyl (C=O) groups excluding carboxylic acids is 1. The van der Waals surface area contributed by atoms with Crippen LogP contribution < -0.4 is 14.8 Å². The van der Waals surface area contributed by atoms with Gasteiger partial charge >= 0.3 is 0 Å². The fourth-order valence-corrected chi connectivity index (χ4v) is 2.03. The van der Waals surface area contributed by atoms with Crippen molar-refractivity contribution in [2.24, 2.45) is 5.16 Å². The van der Waals surface area contributed by atoms with Crippen molar-refractivity contribution in [3.8, 4) is 11.5 Å². The molecule has 0 saturated carbocycles. The molecule has 0 spiro atoms. The molecule has 0 radical (unpaired) electrons. The monoisotopic (exact) mass is 292 g/mol. The van der Waals surface area contributed by atoms with Crippen molar-refractivity contribution >= 4 is 11.6 Å². The minimum atomic E-state index is -0.577. The fourth-order valence-electron chi connectivity index (χ4n) is 2.03. The lowest BCUT2D eigenvalue weighted by Crippen LogP contribution is -2.36. The standard InChI is InChI=1S/C15H20N2O4/c1-3-4-7-16-15(18)10(2)21-11-5-6-12-13(17-19)9-20-14(12)8-11/h5-6,8,10,19H,3-4,7,9H2,1-2H3,(H,16,18). The van der Waals surface area contributed by atoms with Gasteiger partial charge in [-0.05, 0) is 25.5 Å². The van der Waals surface area contributed by atoms with E-state index in [0.29, 0.717) is 23.8 Å². The van der Waals surface area contributed by atoms with Gasteiger partial charge in [-0.1, -0.05) is 18.5 Å². The van der Waals surface area contributed by atoms with Crippen LogP contribution in [0, 0.1) is 0 Å². The van der Waals surface area contributed by atoms with E-state index < -0.39 is 6.10 Å². The summed E-state index contributed by atoms with van der Waals surface area (Å²) in [6.45, 7) is 4.67. The number of nitrogens with one attached hydrogen (secondary N) is 1. The lowest BCUT2D eigenvalue weighted by Gasteiger charge is -2.15. The van der Waals surface area contributed by atoms with Gasteiger partial charge in [-0.2, -0.15) is 0 Å². The van der Waals surface area contributed by atoms with E-state index in [1.165, 1.54) is 0 Å². The first-order chi connectivity index (χ1) is 10.2. The maximum atomic E-state index is 11.8. The lowest BCUT2D eigenvalue weighted by molar-refractivity contribution is -0.127. The Labute approximate surface area is 123 Å².